The molecule has 0 spiro atoms. The Balaban J connectivity index is 1.77. The molecule has 4 heteroatoms. The van der Waals surface area contributed by atoms with Gasteiger partial charge in [-0.3, -0.25) is 0 Å². The van der Waals surface area contributed by atoms with Crippen molar-refractivity contribution in [2.24, 2.45) is 0 Å². The molecule has 5 rings (SSSR count). The summed E-state index contributed by atoms with van der Waals surface area (Å²) in [6.07, 6.45) is 2.02. The second-order valence-electron chi connectivity index (χ2n) is 11.4. The summed E-state index contributed by atoms with van der Waals surface area (Å²) in [7, 11) is 0. The summed E-state index contributed by atoms with van der Waals surface area (Å²) >= 11 is 0. The van der Waals surface area contributed by atoms with Gasteiger partial charge in [-0.2, -0.15) is 0 Å². The van der Waals surface area contributed by atoms with Crippen LogP contribution in [0.25, 0.3) is 22.3 Å². The summed E-state index contributed by atoms with van der Waals surface area (Å²) in [6.45, 7) is 9.66. The van der Waals surface area contributed by atoms with Gasteiger partial charge in [0, 0.05) is 17.0 Å². The molecule has 42 heavy (non-hydrogen) atoms. The van der Waals surface area contributed by atoms with E-state index in [1.165, 1.54) is 5.56 Å². The lowest BCUT2D eigenvalue weighted by molar-refractivity contribution is 0.454. The lowest BCUT2D eigenvalue weighted by Gasteiger charge is -2.25. The first-order chi connectivity index (χ1) is 20.1. The van der Waals surface area contributed by atoms with Crippen molar-refractivity contribution in [3.63, 3.8) is 0 Å². The second-order valence-corrected chi connectivity index (χ2v) is 11.4. The fraction of sp³-hybridized carbons (Fsp3) is 0.211. The topological polar surface area (TPSA) is 80.9 Å². The van der Waals surface area contributed by atoms with Crippen molar-refractivity contribution in [1.29, 1.82) is 0 Å². The quantitative estimate of drug-likeness (QED) is 0.150. The average molecular weight is 559 g/mol. The van der Waals surface area contributed by atoms with Gasteiger partial charge >= 0.3 is 0 Å². The standard InChI is InChI=1S/C38H38O4/c1-6-7-26-8-10-27(11-9-26)36(32-20-30(18-24(4)37(32)41)28-12-14-34(39)22(2)16-28)33-21-31(19-25(5)38(33)42)29-13-15-35(40)23(3)17-29/h8-21,36,39-42H,6-7H2,1-5H3. The molecule has 0 atom stereocenters. The van der Waals surface area contributed by atoms with Gasteiger partial charge in [-0.25, -0.2) is 0 Å². The van der Waals surface area contributed by atoms with Crippen LogP contribution < -0.4 is 0 Å². The molecule has 4 nitrogen and oxygen atoms in total. The summed E-state index contributed by atoms with van der Waals surface area (Å²) in [5.74, 6) is 0.372. The number of aryl methyl sites for hydroxylation is 5. The monoisotopic (exact) mass is 558 g/mol. The molecular weight excluding hydrogens is 520 g/mol. The Labute approximate surface area is 248 Å². The van der Waals surface area contributed by atoms with Crippen LogP contribution in [0, 0.1) is 27.7 Å². The predicted octanol–water partition coefficient (Wildman–Crippen LogP) is 9.21. The van der Waals surface area contributed by atoms with Crippen molar-refractivity contribution in [2.75, 3.05) is 0 Å². The Morgan fingerprint density at radius 1 is 0.500 bits per heavy atom. The fourth-order valence-electron chi connectivity index (χ4n) is 5.75. The zero-order valence-electron chi connectivity index (χ0n) is 24.9. The number of benzene rings is 5. The Kier molecular flexibility index (Phi) is 8.00. The van der Waals surface area contributed by atoms with E-state index in [4.69, 9.17) is 0 Å². The van der Waals surface area contributed by atoms with E-state index in [2.05, 4.69) is 31.2 Å². The van der Waals surface area contributed by atoms with Crippen LogP contribution in [0.1, 0.15) is 63.8 Å². The third-order valence-electron chi connectivity index (χ3n) is 8.19. The highest BCUT2D eigenvalue weighted by molar-refractivity contribution is 5.73. The molecule has 0 unspecified atom stereocenters. The molecule has 0 saturated heterocycles. The van der Waals surface area contributed by atoms with Gasteiger partial charge in [0.05, 0.1) is 0 Å². The normalized spacial score (nSPS) is 11.3. The van der Waals surface area contributed by atoms with Crippen LogP contribution in [0.15, 0.2) is 84.9 Å². The van der Waals surface area contributed by atoms with Gasteiger partial charge in [-0.05, 0) is 138 Å². The minimum atomic E-state index is -0.464. The number of aromatic hydroxyl groups is 4. The van der Waals surface area contributed by atoms with E-state index < -0.39 is 5.92 Å². The summed E-state index contributed by atoms with van der Waals surface area (Å²) in [6, 6.07) is 27.3. The second kappa shape index (κ2) is 11.7. The van der Waals surface area contributed by atoms with Crippen molar-refractivity contribution in [1.82, 2.24) is 0 Å². The van der Waals surface area contributed by atoms with Crippen LogP contribution in [-0.2, 0) is 6.42 Å². The molecule has 0 aromatic heterocycles. The van der Waals surface area contributed by atoms with Crippen molar-refractivity contribution < 1.29 is 20.4 Å². The molecular formula is C38H38O4. The molecule has 0 fully saturated rings. The van der Waals surface area contributed by atoms with Crippen LogP contribution in [0.3, 0.4) is 0 Å². The third kappa shape index (κ3) is 5.58. The molecule has 4 N–H and O–H groups in total. The number of hydrogen-bond acceptors (Lipinski definition) is 4. The third-order valence-corrected chi connectivity index (χ3v) is 8.19. The zero-order chi connectivity index (χ0) is 30.1. The number of phenols is 4. The summed E-state index contributed by atoms with van der Waals surface area (Å²) < 4.78 is 0. The molecule has 0 bridgehead atoms. The highest BCUT2D eigenvalue weighted by atomic mass is 16.3. The highest BCUT2D eigenvalue weighted by Crippen LogP contribution is 2.46. The summed E-state index contributed by atoms with van der Waals surface area (Å²) in [4.78, 5) is 0. The van der Waals surface area contributed by atoms with Crippen molar-refractivity contribution in [3.8, 4) is 45.3 Å². The van der Waals surface area contributed by atoms with Crippen LogP contribution >= 0.6 is 0 Å². The van der Waals surface area contributed by atoms with E-state index >= 15 is 0 Å². The molecule has 0 amide bonds. The van der Waals surface area contributed by atoms with Gasteiger partial charge in [-0.15, -0.1) is 0 Å². The van der Waals surface area contributed by atoms with Crippen LogP contribution in [0.2, 0.25) is 0 Å². The lowest BCUT2D eigenvalue weighted by Crippen LogP contribution is -2.07. The largest absolute Gasteiger partial charge is 0.508 e. The van der Waals surface area contributed by atoms with Crippen molar-refractivity contribution >= 4 is 0 Å². The minimum absolute atomic E-state index is 0.180. The first-order valence-electron chi connectivity index (χ1n) is 14.4. The molecule has 0 aliphatic heterocycles. The van der Waals surface area contributed by atoms with E-state index in [-0.39, 0.29) is 23.0 Å². The molecule has 0 aliphatic carbocycles. The summed E-state index contributed by atoms with van der Waals surface area (Å²) in [5.41, 5.74) is 10.3. The molecule has 5 aromatic rings. The van der Waals surface area contributed by atoms with E-state index in [1.807, 2.05) is 76.2 Å². The minimum Gasteiger partial charge on any atom is -0.508 e. The molecule has 5 aromatic carbocycles. The number of phenolic OH excluding ortho intramolecular Hbond substituents is 4. The van der Waals surface area contributed by atoms with Crippen LogP contribution in [-0.4, -0.2) is 20.4 Å². The molecule has 0 saturated carbocycles. The Hall–Kier alpha value is -4.70. The highest BCUT2D eigenvalue weighted by Gasteiger charge is 2.26. The van der Waals surface area contributed by atoms with E-state index in [9.17, 15) is 20.4 Å². The SMILES string of the molecule is CCCc1ccc(C(c2cc(-c3ccc(O)c(C)c3)cc(C)c2O)c2cc(-c3ccc(O)c(C)c3)cc(C)c2O)cc1. The Morgan fingerprint density at radius 2 is 0.929 bits per heavy atom. The average Bonchev–Trinajstić information content (AvgIpc) is 2.97. The molecule has 0 heterocycles. The van der Waals surface area contributed by atoms with E-state index in [1.54, 1.807) is 12.1 Å². The lowest BCUT2D eigenvalue weighted by atomic mass is 9.80. The number of rotatable bonds is 7. The van der Waals surface area contributed by atoms with Crippen LogP contribution in [0.4, 0.5) is 0 Å². The van der Waals surface area contributed by atoms with Gasteiger partial charge in [-0.1, -0.05) is 49.7 Å². The first-order valence-corrected chi connectivity index (χ1v) is 14.4. The Bertz CT molecular complexity index is 1660. The molecule has 0 radical (unpaired) electrons. The molecule has 0 aliphatic rings. The fourth-order valence-corrected chi connectivity index (χ4v) is 5.75. The van der Waals surface area contributed by atoms with Crippen molar-refractivity contribution in [3.05, 3.63) is 129 Å². The van der Waals surface area contributed by atoms with Gasteiger partial charge in [0.2, 0.25) is 0 Å². The van der Waals surface area contributed by atoms with Crippen molar-refractivity contribution in [2.45, 2.75) is 53.4 Å². The maximum atomic E-state index is 11.6. The maximum absolute atomic E-state index is 11.6. The zero-order valence-corrected chi connectivity index (χ0v) is 24.9. The Morgan fingerprint density at radius 3 is 1.33 bits per heavy atom. The van der Waals surface area contributed by atoms with E-state index in [0.717, 1.165) is 62.9 Å². The molecule has 214 valence electrons. The van der Waals surface area contributed by atoms with Gasteiger partial charge < -0.3 is 20.4 Å². The van der Waals surface area contributed by atoms with Crippen LogP contribution in [0.5, 0.6) is 23.0 Å². The predicted molar refractivity (Wildman–Crippen MR) is 171 cm³/mol. The van der Waals surface area contributed by atoms with E-state index in [0.29, 0.717) is 11.1 Å². The first kappa shape index (κ1) is 28.8. The maximum Gasteiger partial charge on any atom is 0.122 e. The van der Waals surface area contributed by atoms with Gasteiger partial charge in [0.15, 0.2) is 0 Å². The van der Waals surface area contributed by atoms with Gasteiger partial charge in [0.1, 0.15) is 23.0 Å². The summed E-state index contributed by atoms with van der Waals surface area (Å²) in [5, 5.41) is 43.4. The number of hydrogen-bond donors (Lipinski definition) is 4. The smallest absolute Gasteiger partial charge is 0.122 e. The van der Waals surface area contributed by atoms with Gasteiger partial charge in [0.25, 0.3) is 0 Å².